The molecule has 0 bridgehead atoms. The van der Waals surface area contributed by atoms with E-state index in [4.69, 9.17) is 0 Å². The molecule has 1 N–H and O–H groups in total. The molecule has 2 aliphatic rings. The summed E-state index contributed by atoms with van der Waals surface area (Å²) in [5.74, 6) is 0. The maximum atomic E-state index is 3.70. The summed E-state index contributed by atoms with van der Waals surface area (Å²) in [7, 11) is 0. The number of hydrogen-bond donors (Lipinski definition) is 1. The fourth-order valence-corrected chi connectivity index (χ4v) is 5.15. The molecule has 1 unspecified atom stereocenters. The standard InChI is InChI=1S/C28H24N2/c1-28(2)22-12-7-6-11-20(22)27-21-17-18-30(25(21)16-15-23(27)28)26-14-8-13-24(29-26)19-9-4-3-5-10-19/h3-18,26,29H,1-2H3. The van der Waals surface area contributed by atoms with Crippen molar-refractivity contribution in [3.8, 4) is 11.1 Å². The van der Waals surface area contributed by atoms with E-state index in [0.29, 0.717) is 0 Å². The molecule has 146 valence electrons. The van der Waals surface area contributed by atoms with Gasteiger partial charge in [-0.05, 0) is 52.1 Å². The summed E-state index contributed by atoms with van der Waals surface area (Å²) >= 11 is 0. The van der Waals surface area contributed by atoms with Crippen molar-refractivity contribution in [2.45, 2.75) is 25.4 Å². The molecule has 0 saturated heterocycles. The van der Waals surface area contributed by atoms with E-state index in [9.17, 15) is 0 Å². The highest BCUT2D eigenvalue weighted by Crippen LogP contribution is 2.51. The molecule has 2 nitrogen and oxygen atoms in total. The van der Waals surface area contributed by atoms with E-state index in [1.807, 2.05) is 0 Å². The number of nitrogens with one attached hydrogen (secondary N) is 1. The molecule has 1 aliphatic carbocycles. The number of dihydropyridines is 1. The highest BCUT2D eigenvalue weighted by molar-refractivity contribution is 6.01. The Labute approximate surface area is 177 Å². The zero-order chi connectivity index (χ0) is 20.3. The van der Waals surface area contributed by atoms with Gasteiger partial charge in [-0.3, -0.25) is 0 Å². The highest BCUT2D eigenvalue weighted by Gasteiger charge is 2.36. The van der Waals surface area contributed by atoms with Gasteiger partial charge in [0.05, 0.1) is 5.52 Å². The van der Waals surface area contributed by atoms with Gasteiger partial charge in [0.2, 0.25) is 0 Å². The molecule has 30 heavy (non-hydrogen) atoms. The van der Waals surface area contributed by atoms with Crippen LogP contribution in [0.5, 0.6) is 0 Å². The first-order valence-corrected chi connectivity index (χ1v) is 10.6. The number of hydrogen-bond acceptors (Lipinski definition) is 1. The molecule has 0 fully saturated rings. The molecular formula is C28H24N2. The summed E-state index contributed by atoms with van der Waals surface area (Å²) in [6.45, 7) is 4.67. The summed E-state index contributed by atoms with van der Waals surface area (Å²) in [4.78, 5) is 0. The van der Waals surface area contributed by atoms with Crippen molar-refractivity contribution < 1.29 is 0 Å². The van der Waals surface area contributed by atoms with E-state index in [-0.39, 0.29) is 11.6 Å². The Hall–Kier alpha value is -3.52. The third kappa shape index (κ3) is 2.37. The Morgan fingerprint density at radius 1 is 0.833 bits per heavy atom. The topological polar surface area (TPSA) is 17.0 Å². The molecular weight excluding hydrogens is 364 g/mol. The molecule has 3 aromatic carbocycles. The third-order valence-electron chi connectivity index (χ3n) is 6.69. The lowest BCUT2D eigenvalue weighted by molar-refractivity contribution is 0.573. The van der Waals surface area contributed by atoms with Crippen LogP contribution in [0.4, 0.5) is 0 Å². The summed E-state index contributed by atoms with van der Waals surface area (Å²) in [5, 5.41) is 5.03. The van der Waals surface area contributed by atoms with Crippen LogP contribution in [0.3, 0.4) is 0 Å². The SMILES string of the molecule is CC1(C)c2ccccc2-c2c1ccc1c2ccn1C1C=CC=C(c2ccccc2)N1. The zero-order valence-corrected chi connectivity index (χ0v) is 17.3. The number of fused-ring (bicyclic) bond motifs is 5. The monoisotopic (exact) mass is 388 g/mol. The van der Waals surface area contributed by atoms with E-state index < -0.39 is 0 Å². The van der Waals surface area contributed by atoms with E-state index in [0.717, 1.165) is 5.70 Å². The van der Waals surface area contributed by atoms with Crippen LogP contribution in [-0.4, -0.2) is 4.57 Å². The van der Waals surface area contributed by atoms with Gasteiger partial charge in [-0.15, -0.1) is 0 Å². The van der Waals surface area contributed by atoms with Crippen molar-refractivity contribution in [3.05, 3.63) is 114 Å². The fraction of sp³-hybridized carbons (Fsp3) is 0.143. The minimum atomic E-state index is 0.0361. The van der Waals surface area contributed by atoms with Crippen LogP contribution in [-0.2, 0) is 5.41 Å². The van der Waals surface area contributed by atoms with Crippen LogP contribution in [0.2, 0.25) is 0 Å². The second kappa shape index (κ2) is 6.24. The molecule has 0 radical (unpaired) electrons. The Balaban J connectivity index is 1.46. The lowest BCUT2D eigenvalue weighted by atomic mass is 9.82. The Morgan fingerprint density at radius 2 is 1.63 bits per heavy atom. The average molecular weight is 389 g/mol. The van der Waals surface area contributed by atoms with Crippen LogP contribution in [0.25, 0.3) is 27.7 Å². The maximum absolute atomic E-state index is 3.70. The predicted molar refractivity (Wildman–Crippen MR) is 125 cm³/mol. The summed E-state index contributed by atoms with van der Waals surface area (Å²) in [6, 6.07) is 26.3. The summed E-state index contributed by atoms with van der Waals surface area (Å²) in [5.41, 5.74) is 9.27. The molecule has 0 spiro atoms. The van der Waals surface area contributed by atoms with Gasteiger partial charge >= 0.3 is 0 Å². The summed E-state index contributed by atoms with van der Waals surface area (Å²) in [6.07, 6.45) is 8.83. The average Bonchev–Trinajstić information content (AvgIpc) is 3.32. The number of allylic oxidation sites excluding steroid dienone is 2. The van der Waals surface area contributed by atoms with Crippen LogP contribution in [0.1, 0.15) is 36.7 Å². The van der Waals surface area contributed by atoms with Gasteiger partial charge in [0, 0.05) is 22.7 Å². The van der Waals surface area contributed by atoms with Gasteiger partial charge in [0.1, 0.15) is 6.17 Å². The van der Waals surface area contributed by atoms with Crippen LogP contribution in [0.15, 0.2) is 97.2 Å². The number of aromatic nitrogens is 1. The van der Waals surface area contributed by atoms with Crippen molar-refractivity contribution in [2.24, 2.45) is 0 Å². The van der Waals surface area contributed by atoms with E-state index in [1.165, 1.54) is 38.7 Å². The van der Waals surface area contributed by atoms with Crippen molar-refractivity contribution in [1.29, 1.82) is 0 Å². The van der Waals surface area contributed by atoms with Crippen molar-refractivity contribution in [1.82, 2.24) is 9.88 Å². The molecule has 1 aromatic heterocycles. The Bertz CT molecular complexity index is 1340. The Morgan fingerprint density at radius 3 is 2.50 bits per heavy atom. The lowest BCUT2D eigenvalue weighted by Crippen LogP contribution is -2.25. The van der Waals surface area contributed by atoms with Crippen LogP contribution in [0, 0.1) is 0 Å². The van der Waals surface area contributed by atoms with Crippen molar-refractivity contribution in [3.63, 3.8) is 0 Å². The largest absolute Gasteiger partial charge is 0.361 e. The smallest absolute Gasteiger partial charge is 0.123 e. The molecule has 0 amide bonds. The third-order valence-corrected chi connectivity index (χ3v) is 6.69. The maximum Gasteiger partial charge on any atom is 0.123 e. The molecule has 1 atom stereocenters. The van der Waals surface area contributed by atoms with Gasteiger partial charge in [0.15, 0.2) is 0 Å². The molecule has 6 rings (SSSR count). The normalized spacial score (nSPS) is 18.6. The molecule has 0 saturated carbocycles. The Kier molecular flexibility index (Phi) is 3.61. The van der Waals surface area contributed by atoms with Gasteiger partial charge in [0.25, 0.3) is 0 Å². The van der Waals surface area contributed by atoms with Gasteiger partial charge in [-0.1, -0.05) is 80.6 Å². The molecule has 1 aliphatic heterocycles. The second-order valence-electron chi connectivity index (χ2n) is 8.73. The highest BCUT2D eigenvalue weighted by atomic mass is 15.2. The quantitative estimate of drug-likeness (QED) is 0.407. The van der Waals surface area contributed by atoms with E-state index >= 15 is 0 Å². The van der Waals surface area contributed by atoms with Crippen LogP contribution >= 0.6 is 0 Å². The van der Waals surface area contributed by atoms with Crippen molar-refractivity contribution >= 4 is 16.6 Å². The van der Waals surface area contributed by atoms with Gasteiger partial charge in [-0.25, -0.2) is 0 Å². The van der Waals surface area contributed by atoms with Gasteiger partial charge in [-0.2, -0.15) is 0 Å². The fourth-order valence-electron chi connectivity index (χ4n) is 5.15. The van der Waals surface area contributed by atoms with Crippen LogP contribution < -0.4 is 5.32 Å². The first-order valence-electron chi connectivity index (χ1n) is 10.6. The van der Waals surface area contributed by atoms with Crippen molar-refractivity contribution in [2.75, 3.05) is 0 Å². The zero-order valence-electron chi connectivity index (χ0n) is 17.3. The molecule has 2 heterocycles. The number of nitrogens with zero attached hydrogens (tertiary/aromatic N) is 1. The molecule has 2 heteroatoms. The second-order valence-corrected chi connectivity index (χ2v) is 8.73. The first-order chi connectivity index (χ1) is 14.6. The minimum Gasteiger partial charge on any atom is -0.361 e. The first kappa shape index (κ1) is 17.3. The minimum absolute atomic E-state index is 0.0361. The number of rotatable bonds is 2. The predicted octanol–water partition coefficient (Wildman–Crippen LogP) is 6.65. The number of benzene rings is 3. The van der Waals surface area contributed by atoms with E-state index in [2.05, 4.69) is 121 Å². The van der Waals surface area contributed by atoms with Gasteiger partial charge < -0.3 is 9.88 Å². The lowest BCUT2D eigenvalue weighted by Gasteiger charge is -2.25. The summed E-state index contributed by atoms with van der Waals surface area (Å²) < 4.78 is 2.34. The van der Waals surface area contributed by atoms with E-state index in [1.54, 1.807) is 0 Å². The molecule has 4 aromatic rings.